The molecule has 0 bridgehead atoms. The maximum atomic E-state index is 16.9. The molecule has 2 amide bonds. The van der Waals surface area contributed by atoms with E-state index in [1.54, 1.807) is 41.1 Å². The number of nitrogens with zero attached hydrogens (tertiary/aromatic N) is 5. The summed E-state index contributed by atoms with van der Waals surface area (Å²) in [6, 6.07) is 5.27. The molecule has 2 aliphatic rings. The summed E-state index contributed by atoms with van der Waals surface area (Å²) in [5, 5.41) is 0.205. The van der Waals surface area contributed by atoms with Gasteiger partial charge in [0, 0.05) is 42.3 Å². The van der Waals surface area contributed by atoms with Gasteiger partial charge in [-0.15, -0.1) is 0 Å². The topological polar surface area (TPSA) is 125 Å². The molecular weight excluding hydrogens is 651 g/mol. The van der Waals surface area contributed by atoms with Crippen molar-refractivity contribution in [2.45, 2.75) is 52.6 Å². The van der Waals surface area contributed by atoms with Crippen LogP contribution in [0, 0.1) is 19.7 Å². The Bertz CT molecular complexity index is 2390. The zero-order chi connectivity index (χ0) is 35.2. The number of pyridine rings is 2. The standard InChI is InChI=1S/C36H34ClFN6O5/c1-8-24(45)42-15-23-34(46)41(7)32-31(43(23)14-19(42)6)20-13-21(38)26(25-17(4)9-10-22-33(25)49-36(48)40-22)27(37)30(20)44(35(32)47)29-18(5)11-12-39-28(29)16(2)3/h8-13,16,19,23H,1,14-15H2,2-7H3,(H,40,48). The number of nitrogens with one attached hydrogen (secondary N) is 1. The molecule has 11 nitrogen and oxygen atoms in total. The van der Waals surface area contributed by atoms with Crippen molar-refractivity contribution in [1.82, 2.24) is 19.4 Å². The van der Waals surface area contributed by atoms with Gasteiger partial charge in [-0.05, 0) is 62.1 Å². The number of aryl methyl sites for hydroxylation is 2. The third kappa shape index (κ3) is 4.64. The van der Waals surface area contributed by atoms with E-state index in [-0.39, 0.29) is 69.8 Å². The number of H-pyrrole nitrogens is 1. The van der Waals surface area contributed by atoms with Crippen molar-refractivity contribution in [2.24, 2.45) is 0 Å². The van der Waals surface area contributed by atoms with Crippen LogP contribution in [0.15, 0.2) is 57.1 Å². The Morgan fingerprint density at radius 3 is 2.53 bits per heavy atom. The summed E-state index contributed by atoms with van der Waals surface area (Å²) in [6.07, 6.45) is 2.87. The molecule has 1 fully saturated rings. The van der Waals surface area contributed by atoms with Gasteiger partial charge in [0.05, 0.1) is 39.7 Å². The predicted octanol–water partition coefficient (Wildman–Crippen LogP) is 5.59. The zero-order valence-electron chi connectivity index (χ0n) is 27.9. The van der Waals surface area contributed by atoms with Gasteiger partial charge in [0.15, 0.2) is 5.58 Å². The SMILES string of the molecule is C=CC(=O)N1CC2C(=O)N(C)c3c(c4cc(F)c(-c5c(C)ccc6[nH]c(=O)oc56)c(Cl)c4n(-c4c(C)ccnc4C(C)C)c3=O)N2CC1C. The predicted molar refractivity (Wildman–Crippen MR) is 188 cm³/mol. The molecule has 2 aromatic carbocycles. The number of carbonyl (C=O) groups is 2. The van der Waals surface area contributed by atoms with Crippen molar-refractivity contribution in [3.63, 3.8) is 0 Å². The number of piperazine rings is 1. The molecule has 0 radical (unpaired) electrons. The lowest BCUT2D eigenvalue weighted by Crippen LogP contribution is -2.66. The number of aromatic nitrogens is 3. The van der Waals surface area contributed by atoms with E-state index in [4.69, 9.17) is 16.0 Å². The molecule has 5 aromatic rings. The molecule has 3 aromatic heterocycles. The van der Waals surface area contributed by atoms with E-state index in [0.29, 0.717) is 39.1 Å². The van der Waals surface area contributed by atoms with Crippen molar-refractivity contribution in [3.8, 4) is 16.8 Å². The van der Waals surface area contributed by atoms with Crippen LogP contribution in [0.25, 0.3) is 38.8 Å². The second-order valence-electron chi connectivity index (χ2n) is 13.1. The van der Waals surface area contributed by atoms with Crippen molar-refractivity contribution in [1.29, 1.82) is 0 Å². The average Bonchev–Trinajstić information content (AvgIpc) is 3.44. The van der Waals surface area contributed by atoms with Crippen molar-refractivity contribution in [3.05, 3.63) is 91.7 Å². The molecule has 0 saturated carbocycles. The lowest BCUT2D eigenvalue weighted by atomic mass is 9.94. The van der Waals surface area contributed by atoms with Gasteiger partial charge in [0.25, 0.3) is 11.5 Å². The number of oxazole rings is 1. The molecule has 252 valence electrons. The zero-order valence-corrected chi connectivity index (χ0v) is 28.6. The summed E-state index contributed by atoms with van der Waals surface area (Å²) < 4.78 is 23.8. The van der Waals surface area contributed by atoms with Crippen LogP contribution in [0.3, 0.4) is 0 Å². The minimum atomic E-state index is -0.853. The summed E-state index contributed by atoms with van der Waals surface area (Å²) in [5.74, 6) is -2.26. The van der Waals surface area contributed by atoms with E-state index in [1.165, 1.54) is 28.7 Å². The molecule has 13 heteroatoms. The fourth-order valence-electron chi connectivity index (χ4n) is 7.38. The van der Waals surface area contributed by atoms with Crippen LogP contribution in [0.5, 0.6) is 0 Å². The molecule has 2 atom stereocenters. The first-order valence-electron chi connectivity index (χ1n) is 15.9. The lowest BCUT2D eigenvalue weighted by molar-refractivity contribution is -0.130. The number of carbonyl (C=O) groups excluding carboxylic acids is 2. The third-order valence-corrected chi connectivity index (χ3v) is 10.1. The van der Waals surface area contributed by atoms with Gasteiger partial charge >= 0.3 is 5.76 Å². The smallest absolute Gasteiger partial charge is 0.407 e. The quantitative estimate of drug-likeness (QED) is 0.245. The molecule has 2 unspecified atom stereocenters. The molecule has 1 saturated heterocycles. The Balaban J connectivity index is 1.66. The van der Waals surface area contributed by atoms with Gasteiger partial charge in [-0.1, -0.05) is 38.1 Å². The summed E-state index contributed by atoms with van der Waals surface area (Å²) in [6.45, 7) is 13.2. The minimum Gasteiger partial charge on any atom is -0.407 e. The highest BCUT2D eigenvalue weighted by molar-refractivity contribution is 6.39. The maximum absolute atomic E-state index is 16.9. The highest BCUT2D eigenvalue weighted by atomic mass is 35.5. The number of aromatic amines is 1. The number of hydrogen-bond acceptors (Lipinski definition) is 7. The first kappa shape index (κ1) is 32.3. The molecular formula is C36H34ClFN6O5. The van der Waals surface area contributed by atoms with E-state index in [2.05, 4.69) is 16.5 Å². The Morgan fingerprint density at radius 2 is 1.84 bits per heavy atom. The number of likely N-dealkylation sites (N-methyl/N-ethyl adjacent to an activating group) is 1. The van der Waals surface area contributed by atoms with Crippen LogP contribution in [0.2, 0.25) is 5.02 Å². The highest BCUT2D eigenvalue weighted by Gasteiger charge is 2.46. The average molecular weight is 685 g/mol. The number of benzene rings is 2. The number of rotatable bonds is 4. The Morgan fingerprint density at radius 1 is 1.10 bits per heavy atom. The van der Waals surface area contributed by atoms with Crippen molar-refractivity contribution in [2.75, 3.05) is 29.9 Å². The van der Waals surface area contributed by atoms with Gasteiger partial charge in [0.2, 0.25) is 5.91 Å². The normalized spacial score (nSPS) is 17.7. The highest BCUT2D eigenvalue weighted by Crippen LogP contribution is 2.48. The van der Waals surface area contributed by atoms with E-state index >= 15 is 9.18 Å². The lowest BCUT2D eigenvalue weighted by Gasteiger charge is -2.50. The van der Waals surface area contributed by atoms with Gasteiger partial charge in [-0.25, -0.2) is 9.18 Å². The van der Waals surface area contributed by atoms with E-state index < -0.39 is 23.2 Å². The first-order valence-corrected chi connectivity index (χ1v) is 16.3. The van der Waals surface area contributed by atoms with Crippen molar-refractivity contribution >= 4 is 56.8 Å². The van der Waals surface area contributed by atoms with Crippen molar-refractivity contribution < 1.29 is 18.4 Å². The fraction of sp³-hybridized carbons (Fsp3) is 0.306. The van der Waals surface area contributed by atoms with Gasteiger partial charge in [-0.3, -0.25) is 28.9 Å². The van der Waals surface area contributed by atoms with Crippen LogP contribution < -0.4 is 21.1 Å². The number of fused-ring (bicyclic) bond motifs is 6. The van der Waals surface area contributed by atoms with E-state index in [0.717, 1.165) is 0 Å². The minimum absolute atomic E-state index is 0.0421. The van der Waals surface area contributed by atoms with Crippen LogP contribution in [0.4, 0.5) is 15.8 Å². The molecule has 1 N–H and O–H groups in total. The number of amides is 2. The van der Waals surface area contributed by atoms with Crippen LogP contribution >= 0.6 is 11.6 Å². The van der Waals surface area contributed by atoms with Gasteiger partial charge in [-0.2, -0.15) is 0 Å². The fourth-order valence-corrected chi connectivity index (χ4v) is 7.75. The number of halogens is 2. The summed E-state index contributed by atoms with van der Waals surface area (Å²) in [7, 11) is 1.51. The summed E-state index contributed by atoms with van der Waals surface area (Å²) in [5.41, 5.74) is 3.12. The van der Waals surface area contributed by atoms with Crippen LogP contribution in [-0.2, 0) is 9.59 Å². The first-order chi connectivity index (χ1) is 23.3. The Hall–Kier alpha value is -5.23. The maximum Gasteiger partial charge on any atom is 0.417 e. The van der Waals surface area contributed by atoms with E-state index in [1.807, 2.05) is 27.7 Å². The van der Waals surface area contributed by atoms with E-state index in [9.17, 15) is 14.4 Å². The Kier molecular flexibility index (Phi) is 7.55. The molecule has 0 aliphatic carbocycles. The van der Waals surface area contributed by atoms with Crippen LogP contribution in [0.1, 0.15) is 43.5 Å². The molecule has 5 heterocycles. The Labute approximate surface area is 285 Å². The second-order valence-corrected chi connectivity index (χ2v) is 13.4. The number of hydrogen-bond donors (Lipinski definition) is 1. The molecule has 0 spiro atoms. The van der Waals surface area contributed by atoms with Gasteiger partial charge < -0.3 is 19.1 Å². The third-order valence-electron chi connectivity index (χ3n) is 9.71. The van der Waals surface area contributed by atoms with Crippen LogP contribution in [-0.4, -0.2) is 63.5 Å². The monoisotopic (exact) mass is 684 g/mol. The molecule has 49 heavy (non-hydrogen) atoms. The summed E-state index contributed by atoms with van der Waals surface area (Å²) in [4.78, 5) is 66.0. The molecule has 2 aliphatic heterocycles. The second kappa shape index (κ2) is 11.4. The number of anilines is 2. The largest absolute Gasteiger partial charge is 0.417 e. The molecule has 7 rings (SSSR count). The van der Waals surface area contributed by atoms with Gasteiger partial charge in [0.1, 0.15) is 17.5 Å². The summed E-state index contributed by atoms with van der Waals surface area (Å²) >= 11 is 7.35.